The molecule has 0 radical (unpaired) electrons. The lowest BCUT2D eigenvalue weighted by Crippen LogP contribution is -2.20. The van der Waals surface area contributed by atoms with Crippen LogP contribution in [0.25, 0.3) is 22.1 Å². The van der Waals surface area contributed by atoms with Gasteiger partial charge < -0.3 is 15.3 Å². The maximum absolute atomic E-state index is 12.5. The van der Waals surface area contributed by atoms with Gasteiger partial charge in [-0.25, -0.2) is 9.78 Å². The van der Waals surface area contributed by atoms with Crippen LogP contribution in [0.3, 0.4) is 0 Å². The molecule has 2 aromatic carbocycles. The van der Waals surface area contributed by atoms with Gasteiger partial charge in [0, 0.05) is 13.1 Å². The molecule has 0 fully saturated rings. The molecule has 2 heterocycles. The average molecular weight is 363 g/mol. The van der Waals surface area contributed by atoms with Crippen molar-refractivity contribution in [1.82, 2.24) is 19.1 Å². The maximum Gasteiger partial charge on any atom is 0.326 e. The van der Waals surface area contributed by atoms with Crippen LogP contribution in [-0.2, 0) is 19.6 Å². The van der Waals surface area contributed by atoms with E-state index in [1.165, 1.54) is 0 Å². The van der Waals surface area contributed by atoms with Crippen molar-refractivity contribution in [3.63, 3.8) is 0 Å². The number of aromatic nitrogens is 4. The molecule has 0 aliphatic heterocycles. The van der Waals surface area contributed by atoms with E-state index < -0.39 is 0 Å². The van der Waals surface area contributed by atoms with Crippen LogP contribution in [0.4, 0.5) is 0 Å². The standard InChI is InChI=1S/C21H25N5O/c1-14(2)9-10-25-19-8-7-15(12-22)11-17(19)23-20(25)13-26-18-6-4-3-5-16(18)24-21(26)27/h3-8,11,14H,9-10,12-13,22H2,1-2H3,(H,24,27). The van der Waals surface area contributed by atoms with E-state index in [0.717, 1.165) is 46.4 Å². The number of nitrogens with zero attached hydrogens (tertiary/aromatic N) is 3. The average Bonchev–Trinajstić information content (AvgIpc) is 3.16. The van der Waals surface area contributed by atoms with E-state index in [1.54, 1.807) is 4.57 Å². The number of para-hydroxylation sites is 2. The second kappa shape index (κ2) is 7.04. The molecule has 6 nitrogen and oxygen atoms in total. The van der Waals surface area contributed by atoms with Gasteiger partial charge in [-0.3, -0.25) is 4.57 Å². The molecule has 4 rings (SSSR count). The third kappa shape index (κ3) is 3.28. The molecule has 0 spiro atoms. The maximum atomic E-state index is 12.5. The van der Waals surface area contributed by atoms with E-state index in [9.17, 15) is 4.79 Å². The molecule has 0 unspecified atom stereocenters. The van der Waals surface area contributed by atoms with E-state index in [2.05, 4.69) is 35.5 Å². The van der Waals surface area contributed by atoms with Gasteiger partial charge in [0.1, 0.15) is 5.82 Å². The Kier molecular flexibility index (Phi) is 4.58. The van der Waals surface area contributed by atoms with E-state index in [-0.39, 0.29) is 5.69 Å². The number of H-pyrrole nitrogens is 1. The summed E-state index contributed by atoms with van der Waals surface area (Å²) in [5.74, 6) is 1.49. The SMILES string of the molecule is CC(C)CCn1c(Cn2c(=O)[nH]c3ccccc32)nc2cc(CN)ccc21. The van der Waals surface area contributed by atoms with Crippen LogP contribution in [0.2, 0.25) is 0 Å². The summed E-state index contributed by atoms with van der Waals surface area (Å²) in [4.78, 5) is 20.3. The van der Waals surface area contributed by atoms with Crippen molar-refractivity contribution < 1.29 is 0 Å². The van der Waals surface area contributed by atoms with Crippen molar-refractivity contribution in [1.29, 1.82) is 0 Å². The highest BCUT2D eigenvalue weighted by molar-refractivity contribution is 5.77. The predicted molar refractivity (Wildman–Crippen MR) is 109 cm³/mol. The number of hydrogen-bond acceptors (Lipinski definition) is 3. The van der Waals surface area contributed by atoms with Gasteiger partial charge in [-0.2, -0.15) is 0 Å². The Morgan fingerprint density at radius 1 is 1.11 bits per heavy atom. The van der Waals surface area contributed by atoms with Crippen LogP contribution in [0.5, 0.6) is 0 Å². The molecule has 0 amide bonds. The fourth-order valence-corrected chi connectivity index (χ4v) is 3.51. The molecular formula is C21H25N5O. The lowest BCUT2D eigenvalue weighted by molar-refractivity contribution is 0.507. The molecule has 140 valence electrons. The number of rotatable bonds is 6. The van der Waals surface area contributed by atoms with Gasteiger partial charge >= 0.3 is 5.69 Å². The number of imidazole rings is 2. The fourth-order valence-electron chi connectivity index (χ4n) is 3.51. The molecule has 0 bridgehead atoms. The van der Waals surface area contributed by atoms with Crippen molar-refractivity contribution in [3.8, 4) is 0 Å². The number of nitrogens with two attached hydrogens (primary N) is 1. The Morgan fingerprint density at radius 2 is 1.93 bits per heavy atom. The minimum atomic E-state index is -0.110. The van der Waals surface area contributed by atoms with E-state index in [4.69, 9.17) is 10.7 Å². The third-order valence-electron chi connectivity index (χ3n) is 5.04. The van der Waals surface area contributed by atoms with Crippen molar-refractivity contribution in [3.05, 3.63) is 64.3 Å². The molecule has 0 aliphatic rings. The molecule has 0 atom stereocenters. The second-order valence-electron chi connectivity index (χ2n) is 7.42. The largest absolute Gasteiger partial charge is 0.326 e. The highest BCUT2D eigenvalue weighted by Crippen LogP contribution is 2.21. The third-order valence-corrected chi connectivity index (χ3v) is 5.04. The zero-order valence-corrected chi connectivity index (χ0v) is 15.8. The lowest BCUT2D eigenvalue weighted by Gasteiger charge is -2.12. The normalized spacial score (nSPS) is 11.9. The molecule has 0 saturated carbocycles. The molecule has 27 heavy (non-hydrogen) atoms. The van der Waals surface area contributed by atoms with Gasteiger partial charge in [0.2, 0.25) is 0 Å². The van der Waals surface area contributed by atoms with Crippen molar-refractivity contribution in [2.75, 3.05) is 0 Å². The van der Waals surface area contributed by atoms with Crippen LogP contribution < -0.4 is 11.4 Å². The number of aromatic amines is 1. The van der Waals surface area contributed by atoms with Crippen molar-refractivity contribution in [2.45, 2.75) is 39.9 Å². The summed E-state index contributed by atoms with van der Waals surface area (Å²) in [6, 6.07) is 13.9. The molecule has 6 heteroatoms. The van der Waals surface area contributed by atoms with Crippen molar-refractivity contribution >= 4 is 22.1 Å². The Hall–Kier alpha value is -2.86. The van der Waals surface area contributed by atoms with Gasteiger partial charge in [0.05, 0.1) is 28.6 Å². The summed E-state index contributed by atoms with van der Waals surface area (Å²) in [6.07, 6.45) is 1.06. The number of benzene rings is 2. The summed E-state index contributed by atoms with van der Waals surface area (Å²) >= 11 is 0. The zero-order valence-electron chi connectivity index (χ0n) is 15.8. The van der Waals surface area contributed by atoms with Crippen LogP contribution in [0.15, 0.2) is 47.3 Å². The summed E-state index contributed by atoms with van der Waals surface area (Å²) in [7, 11) is 0. The number of aryl methyl sites for hydroxylation is 1. The Bertz CT molecular complexity index is 1150. The van der Waals surface area contributed by atoms with Crippen LogP contribution in [0.1, 0.15) is 31.7 Å². The van der Waals surface area contributed by atoms with E-state index in [0.29, 0.717) is 19.0 Å². The van der Waals surface area contributed by atoms with E-state index >= 15 is 0 Å². The smallest absolute Gasteiger partial charge is 0.326 e. The Morgan fingerprint density at radius 3 is 2.70 bits per heavy atom. The van der Waals surface area contributed by atoms with Gasteiger partial charge in [-0.05, 0) is 42.2 Å². The monoisotopic (exact) mass is 363 g/mol. The molecule has 4 aromatic rings. The Balaban J connectivity index is 1.82. The molecule has 3 N–H and O–H groups in total. The highest BCUT2D eigenvalue weighted by Gasteiger charge is 2.15. The first-order chi connectivity index (χ1) is 13.1. The number of nitrogens with one attached hydrogen (secondary N) is 1. The summed E-state index contributed by atoms with van der Waals surface area (Å²) in [6.45, 7) is 6.24. The van der Waals surface area contributed by atoms with Crippen LogP contribution >= 0.6 is 0 Å². The van der Waals surface area contributed by atoms with Crippen molar-refractivity contribution in [2.24, 2.45) is 11.7 Å². The minimum absolute atomic E-state index is 0.110. The Labute approximate surface area is 157 Å². The van der Waals surface area contributed by atoms with Gasteiger partial charge in [0.25, 0.3) is 0 Å². The second-order valence-corrected chi connectivity index (χ2v) is 7.42. The fraction of sp³-hybridized carbons (Fsp3) is 0.333. The summed E-state index contributed by atoms with van der Waals surface area (Å²) in [5, 5.41) is 0. The molecule has 2 aromatic heterocycles. The van der Waals surface area contributed by atoms with Gasteiger partial charge in [0.15, 0.2) is 0 Å². The molecular weight excluding hydrogens is 338 g/mol. The van der Waals surface area contributed by atoms with E-state index in [1.807, 2.05) is 30.3 Å². The number of hydrogen-bond donors (Lipinski definition) is 2. The highest BCUT2D eigenvalue weighted by atomic mass is 16.1. The first kappa shape index (κ1) is 17.5. The van der Waals surface area contributed by atoms with Crippen LogP contribution in [0, 0.1) is 5.92 Å². The predicted octanol–water partition coefficient (Wildman–Crippen LogP) is 3.23. The number of fused-ring (bicyclic) bond motifs is 2. The zero-order chi connectivity index (χ0) is 19.0. The minimum Gasteiger partial charge on any atom is -0.326 e. The van der Waals surface area contributed by atoms with Gasteiger partial charge in [-0.1, -0.05) is 32.0 Å². The summed E-state index contributed by atoms with van der Waals surface area (Å²) < 4.78 is 4.00. The molecule has 0 aliphatic carbocycles. The first-order valence-electron chi connectivity index (χ1n) is 9.42. The lowest BCUT2D eigenvalue weighted by atomic mass is 10.1. The quantitative estimate of drug-likeness (QED) is 0.552. The van der Waals surface area contributed by atoms with Gasteiger partial charge in [-0.15, -0.1) is 0 Å². The first-order valence-corrected chi connectivity index (χ1v) is 9.42. The molecule has 0 saturated heterocycles. The summed E-state index contributed by atoms with van der Waals surface area (Å²) in [5.41, 5.74) is 10.5. The van der Waals surface area contributed by atoms with Crippen LogP contribution in [-0.4, -0.2) is 19.1 Å². The topological polar surface area (TPSA) is 81.6 Å².